The lowest BCUT2D eigenvalue weighted by Crippen LogP contribution is -2.17. The highest BCUT2D eigenvalue weighted by Gasteiger charge is 2.36. The van der Waals surface area contributed by atoms with Gasteiger partial charge in [-0.1, -0.05) is 101 Å². The molecule has 1 nitrogen and oxygen atoms in total. The lowest BCUT2D eigenvalue weighted by molar-refractivity contribution is 0.658. The number of nitrogens with zero attached hydrogens (tertiary/aromatic N) is 1. The molecule has 0 fully saturated rings. The molecule has 3 aromatic carbocycles. The van der Waals surface area contributed by atoms with Crippen molar-refractivity contribution in [3.05, 3.63) is 114 Å². The maximum absolute atomic E-state index is 3.79. The highest BCUT2D eigenvalue weighted by molar-refractivity contribution is 5.91. The predicted molar refractivity (Wildman–Crippen MR) is 143 cm³/mol. The van der Waals surface area contributed by atoms with Crippen molar-refractivity contribution in [3.63, 3.8) is 0 Å². The number of fused-ring (bicyclic) bond motifs is 4. The zero-order valence-electron chi connectivity index (χ0n) is 20.1. The molecule has 0 bridgehead atoms. The van der Waals surface area contributed by atoms with Crippen LogP contribution in [0.4, 0.5) is 11.4 Å². The third-order valence-corrected chi connectivity index (χ3v) is 7.27. The lowest BCUT2D eigenvalue weighted by Gasteiger charge is -2.25. The molecule has 0 saturated carbocycles. The Balaban J connectivity index is 1.54. The third-order valence-electron chi connectivity index (χ3n) is 7.27. The molecule has 166 valence electrons. The molecule has 1 aliphatic heterocycles. The maximum Gasteiger partial charge on any atom is 0.0490 e. The Kier molecular flexibility index (Phi) is 5.58. The number of hydrogen-bond acceptors (Lipinski definition) is 1. The largest absolute Gasteiger partial charge is 0.336 e. The number of rotatable bonds is 6. The van der Waals surface area contributed by atoms with E-state index in [-0.39, 0.29) is 5.41 Å². The number of allylic oxidation sites excluding steroid dienone is 4. The van der Waals surface area contributed by atoms with Crippen LogP contribution in [-0.4, -0.2) is 6.54 Å². The van der Waals surface area contributed by atoms with Gasteiger partial charge in [0.05, 0.1) is 0 Å². The zero-order chi connectivity index (χ0) is 23.0. The fourth-order valence-electron chi connectivity index (χ4n) is 5.42. The van der Waals surface area contributed by atoms with E-state index in [0.29, 0.717) is 0 Å². The van der Waals surface area contributed by atoms with Gasteiger partial charge in [0.2, 0.25) is 0 Å². The van der Waals surface area contributed by atoms with E-state index >= 15 is 0 Å². The molecule has 3 aromatic rings. The van der Waals surface area contributed by atoms with Crippen LogP contribution in [-0.2, 0) is 11.8 Å². The summed E-state index contributed by atoms with van der Waals surface area (Å²) in [5.74, 6) is 0. The second-order valence-electron chi connectivity index (χ2n) is 9.75. The SMILES string of the molecule is C=C/C=C\C=C1/CN(c2ccc3c(c2)C(C)(C)c2cc(CCCC)ccc2-3)c2ccccc21. The standard InChI is InChI=1S/C32H33N/c1-5-7-9-13-24-22-33(31-15-11-10-14-26(24)31)25-17-19-28-27-18-16-23(12-8-6-2)20-29(27)32(3,4)30(28)21-25/h5,7,9-11,13-21H,1,6,8,12,22H2,2-4H3/b9-7-,24-13+. The van der Waals surface area contributed by atoms with E-state index in [1.54, 1.807) is 0 Å². The summed E-state index contributed by atoms with van der Waals surface area (Å²) in [6, 6.07) is 23.0. The Morgan fingerprint density at radius 3 is 2.45 bits per heavy atom. The van der Waals surface area contributed by atoms with Crippen LogP contribution < -0.4 is 4.90 Å². The number of para-hydroxylation sites is 1. The van der Waals surface area contributed by atoms with E-state index in [4.69, 9.17) is 0 Å². The van der Waals surface area contributed by atoms with E-state index in [2.05, 4.69) is 105 Å². The van der Waals surface area contributed by atoms with Gasteiger partial charge in [0.15, 0.2) is 0 Å². The molecule has 0 radical (unpaired) electrons. The number of hydrogen-bond donors (Lipinski definition) is 0. The minimum atomic E-state index is 0.00745. The number of unbranched alkanes of at least 4 members (excludes halogenated alkanes) is 1. The van der Waals surface area contributed by atoms with Crippen LogP contribution in [0.1, 0.15) is 55.9 Å². The van der Waals surface area contributed by atoms with Crippen molar-refractivity contribution in [3.8, 4) is 11.1 Å². The highest BCUT2D eigenvalue weighted by atomic mass is 15.2. The van der Waals surface area contributed by atoms with E-state index < -0.39 is 0 Å². The predicted octanol–water partition coefficient (Wildman–Crippen LogP) is 8.61. The van der Waals surface area contributed by atoms with Crippen molar-refractivity contribution >= 4 is 16.9 Å². The molecule has 0 N–H and O–H groups in total. The molecular formula is C32H33N. The van der Waals surface area contributed by atoms with Gasteiger partial charge in [0.25, 0.3) is 0 Å². The van der Waals surface area contributed by atoms with Crippen LogP contribution in [0.3, 0.4) is 0 Å². The van der Waals surface area contributed by atoms with Crippen LogP contribution in [0.2, 0.25) is 0 Å². The second-order valence-corrected chi connectivity index (χ2v) is 9.75. The van der Waals surface area contributed by atoms with Gasteiger partial charge in [-0.05, 0) is 64.4 Å². The molecule has 0 unspecified atom stereocenters. The van der Waals surface area contributed by atoms with Crippen LogP contribution in [0.25, 0.3) is 16.7 Å². The van der Waals surface area contributed by atoms with Crippen molar-refractivity contribution in [2.75, 3.05) is 11.4 Å². The van der Waals surface area contributed by atoms with Crippen molar-refractivity contribution in [2.24, 2.45) is 0 Å². The van der Waals surface area contributed by atoms with E-state index in [9.17, 15) is 0 Å². The molecular weight excluding hydrogens is 398 g/mol. The first kappa shape index (κ1) is 21.5. The molecule has 1 heterocycles. The summed E-state index contributed by atoms with van der Waals surface area (Å²) in [6.45, 7) is 11.7. The average molecular weight is 432 g/mol. The molecule has 2 aliphatic rings. The topological polar surface area (TPSA) is 3.24 Å². The van der Waals surface area contributed by atoms with Gasteiger partial charge in [-0.15, -0.1) is 0 Å². The van der Waals surface area contributed by atoms with E-state index in [0.717, 1.165) is 6.54 Å². The number of aryl methyl sites for hydroxylation is 1. The van der Waals surface area contributed by atoms with Crippen molar-refractivity contribution in [2.45, 2.75) is 45.4 Å². The summed E-state index contributed by atoms with van der Waals surface area (Å²) < 4.78 is 0. The van der Waals surface area contributed by atoms with Gasteiger partial charge in [0.1, 0.15) is 0 Å². The Morgan fingerprint density at radius 2 is 1.67 bits per heavy atom. The van der Waals surface area contributed by atoms with Gasteiger partial charge < -0.3 is 4.90 Å². The van der Waals surface area contributed by atoms with E-state index in [1.807, 2.05) is 12.2 Å². The molecule has 5 rings (SSSR count). The Bertz CT molecular complexity index is 1270. The molecule has 0 amide bonds. The highest BCUT2D eigenvalue weighted by Crippen LogP contribution is 2.51. The molecule has 33 heavy (non-hydrogen) atoms. The fourth-order valence-corrected chi connectivity index (χ4v) is 5.42. The summed E-state index contributed by atoms with van der Waals surface area (Å²) in [6.07, 6.45) is 11.8. The average Bonchev–Trinajstić information content (AvgIpc) is 3.31. The Labute approximate surface area is 198 Å². The van der Waals surface area contributed by atoms with Crippen LogP contribution in [0.15, 0.2) is 91.5 Å². The van der Waals surface area contributed by atoms with Gasteiger partial charge in [-0.3, -0.25) is 0 Å². The third kappa shape index (κ3) is 3.66. The van der Waals surface area contributed by atoms with Gasteiger partial charge >= 0.3 is 0 Å². The van der Waals surface area contributed by atoms with Crippen molar-refractivity contribution in [1.82, 2.24) is 0 Å². The molecule has 0 saturated heterocycles. The molecule has 0 aromatic heterocycles. The van der Waals surface area contributed by atoms with Gasteiger partial charge in [-0.25, -0.2) is 0 Å². The van der Waals surface area contributed by atoms with Crippen molar-refractivity contribution < 1.29 is 0 Å². The minimum absolute atomic E-state index is 0.00745. The summed E-state index contributed by atoms with van der Waals surface area (Å²) in [5, 5.41) is 0. The molecule has 1 aliphatic carbocycles. The Hall–Kier alpha value is -3.32. The quantitative estimate of drug-likeness (QED) is 0.353. The zero-order valence-corrected chi connectivity index (χ0v) is 20.1. The molecule has 0 spiro atoms. The first-order valence-corrected chi connectivity index (χ1v) is 12.2. The normalized spacial score (nSPS) is 16.8. The Morgan fingerprint density at radius 1 is 0.909 bits per heavy atom. The van der Waals surface area contributed by atoms with Crippen LogP contribution in [0.5, 0.6) is 0 Å². The molecule has 1 heteroatoms. The van der Waals surface area contributed by atoms with Crippen LogP contribution in [0, 0.1) is 0 Å². The lowest BCUT2D eigenvalue weighted by atomic mass is 9.81. The van der Waals surface area contributed by atoms with Gasteiger partial charge in [0, 0.05) is 28.9 Å². The summed E-state index contributed by atoms with van der Waals surface area (Å²) in [5.41, 5.74) is 12.4. The summed E-state index contributed by atoms with van der Waals surface area (Å²) in [4.78, 5) is 2.45. The summed E-state index contributed by atoms with van der Waals surface area (Å²) >= 11 is 0. The van der Waals surface area contributed by atoms with Crippen molar-refractivity contribution in [1.29, 1.82) is 0 Å². The fraction of sp³-hybridized carbons (Fsp3) is 0.250. The maximum atomic E-state index is 3.79. The number of anilines is 2. The van der Waals surface area contributed by atoms with E-state index in [1.165, 1.54) is 69.6 Å². The first-order valence-electron chi connectivity index (χ1n) is 12.2. The minimum Gasteiger partial charge on any atom is -0.336 e. The summed E-state index contributed by atoms with van der Waals surface area (Å²) in [7, 11) is 0. The molecule has 0 atom stereocenters. The smallest absolute Gasteiger partial charge is 0.0490 e. The van der Waals surface area contributed by atoms with Crippen LogP contribution >= 0.6 is 0 Å². The van der Waals surface area contributed by atoms with Gasteiger partial charge in [-0.2, -0.15) is 0 Å². The second kappa shape index (κ2) is 8.56. The number of benzene rings is 3. The monoisotopic (exact) mass is 431 g/mol. The first-order chi connectivity index (χ1) is 16.0.